The normalized spacial score (nSPS) is 11.6. The number of hydrogen-bond donors (Lipinski definition) is 2. The van der Waals surface area contributed by atoms with Crippen molar-refractivity contribution >= 4 is 22.0 Å². The van der Waals surface area contributed by atoms with E-state index in [1.807, 2.05) is 4.72 Å². The molecule has 0 amide bonds. The number of sulfonamides is 1. The molecule has 0 saturated carbocycles. The number of furan rings is 1. The van der Waals surface area contributed by atoms with Gasteiger partial charge in [0.25, 0.3) is 10.0 Å². The fourth-order valence-electron chi connectivity index (χ4n) is 1.74. The number of aromatic nitrogens is 2. The third-order valence-electron chi connectivity index (χ3n) is 2.44. The van der Waals surface area contributed by atoms with Crippen molar-refractivity contribution in [1.29, 1.82) is 0 Å². The van der Waals surface area contributed by atoms with Crippen molar-refractivity contribution in [1.82, 2.24) is 10.2 Å². The number of anilines is 1. The minimum atomic E-state index is -4.21. The van der Waals surface area contributed by atoms with Crippen molar-refractivity contribution in [3.8, 4) is 0 Å². The zero-order valence-electron chi connectivity index (χ0n) is 10.8. The second-order valence-electron chi connectivity index (χ2n) is 3.96. The van der Waals surface area contributed by atoms with Crippen LogP contribution in [0.25, 0.3) is 0 Å². The molecule has 0 bridgehead atoms. The highest BCUT2D eigenvalue weighted by molar-refractivity contribution is 7.92. The van der Waals surface area contributed by atoms with E-state index in [4.69, 9.17) is 13.9 Å². The van der Waals surface area contributed by atoms with Gasteiger partial charge in [0.2, 0.25) is 5.89 Å². The van der Waals surface area contributed by atoms with Crippen LogP contribution in [0, 0.1) is 20.8 Å². The largest absolute Gasteiger partial charge is 0.478 e. The fourth-order valence-corrected chi connectivity index (χ4v) is 3.07. The van der Waals surface area contributed by atoms with Gasteiger partial charge >= 0.3 is 12.0 Å². The summed E-state index contributed by atoms with van der Waals surface area (Å²) in [5.41, 5.74) is -0.425. The van der Waals surface area contributed by atoms with Crippen LogP contribution in [-0.4, -0.2) is 29.7 Å². The van der Waals surface area contributed by atoms with E-state index in [2.05, 4.69) is 10.2 Å². The van der Waals surface area contributed by atoms with Gasteiger partial charge in [0.1, 0.15) is 22.0 Å². The van der Waals surface area contributed by atoms with Crippen LogP contribution in [0.4, 0.5) is 6.01 Å². The van der Waals surface area contributed by atoms with Gasteiger partial charge in [-0.3, -0.25) is 0 Å². The Kier molecular flexibility index (Phi) is 3.26. The second kappa shape index (κ2) is 4.63. The van der Waals surface area contributed by atoms with Crippen LogP contribution in [-0.2, 0) is 10.0 Å². The molecule has 10 heteroatoms. The number of aromatic carboxylic acids is 1. The Morgan fingerprint density at radius 2 is 1.80 bits per heavy atom. The maximum absolute atomic E-state index is 12.2. The number of carboxylic acids is 1. The molecule has 0 atom stereocenters. The summed E-state index contributed by atoms with van der Waals surface area (Å²) in [6, 6.07) is -0.350. The molecule has 0 aromatic carbocycles. The van der Waals surface area contributed by atoms with Gasteiger partial charge in [0, 0.05) is 6.92 Å². The zero-order chi connectivity index (χ0) is 15.1. The summed E-state index contributed by atoms with van der Waals surface area (Å²) < 4.78 is 36.4. The highest BCUT2D eigenvalue weighted by Crippen LogP contribution is 2.28. The highest BCUT2D eigenvalue weighted by atomic mass is 32.2. The van der Waals surface area contributed by atoms with Crippen LogP contribution in [0.5, 0.6) is 0 Å². The molecule has 2 heterocycles. The van der Waals surface area contributed by atoms with Crippen molar-refractivity contribution in [2.24, 2.45) is 0 Å². The maximum atomic E-state index is 12.2. The van der Waals surface area contributed by atoms with Crippen molar-refractivity contribution < 1.29 is 27.2 Å². The second-order valence-corrected chi connectivity index (χ2v) is 5.57. The molecule has 2 aromatic rings. The molecule has 0 radical (unpaired) electrons. The van der Waals surface area contributed by atoms with E-state index < -0.39 is 26.5 Å². The first-order valence-corrected chi connectivity index (χ1v) is 6.87. The van der Waals surface area contributed by atoms with Gasteiger partial charge < -0.3 is 13.9 Å². The number of aryl methyl sites for hydroxylation is 3. The molecule has 2 N–H and O–H groups in total. The lowest BCUT2D eigenvalue weighted by Crippen LogP contribution is -2.17. The molecular weight excluding hydrogens is 290 g/mol. The standard InChI is InChI=1S/C10H11N3O6S/c1-4-7(9(14)15)8(5(2)18-4)20(16,17)13-10-12-11-6(3)19-10/h1-3H3,(H,12,13)(H,14,15). The molecule has 20 heavy (non-hydrogen) atoms. The Morgan fingerprint density at radius 3 is 2.30 bits per heavy atom. The lowest BCUT2D eigenvalue weighted by molar-refractivity contribution is 0.0691. The number of hydrogen-bond acceptors (Lipinski definition) is 7. The van der Waals surface area contributed by atoms with Gasteiger partial charge in [-0.15, -0.1) is 5.10 Å². The molecule has 2 aromatic heterocycles. The Labute approximate surface area is 113 Å². The third-order valence-corrected chi connectivity index (χ3v) is 3.91. The van der Waals surface area contributed by atoms with Crippen LogP contribution >= 0.6 is 0 Å². The first-order valence-electron chi connectivity index (χ1n) is 5.38. The van der Waals surface area contributed by atoms with Crippen LogP contribution in [0.3, 0.4) is 0 Å². The molecule has 9 nitrogen and oxygen atoms in total. The molecule has 0 spiro atoms. The van der Waals surface area contributed by atoms with E-state index in [-0.39, 0.29) is 23.4 Å². The summed E-state index contributed by atoms with van der Waals surface area (Å²) in [7, 11) is -4.21. The fraction of sp³-hybridized carbons (Fsp3) is 0.300. The van der Waals surface area contributed by atoms with Crippen LogP contribution in [0.2, 0.25) is 0 Å². The summed E-state index contributed by atoms with van der Waals surface area (Å²) in [5, 5.41) is 16.0. The van der Waals surface area contributed by atoms with Gasteiger partial charge in [0.15, 0.2) is 0 Å². The van der Waals surface area contributed by atoms with Crippen molar-refractivity contribution in [3.05, 3.63) is 23.0 Å². The van der Waals surface area contributed by atoms with E-state index in [9.17, 15) is 13.2 Å². The van der Waals surface area contributed by atoms with Gasteiger partial charge in [-0.25, -0.2) is 17.9 Å². The SMILES string of the molecule is Cc1nnc(NS(=O)(=O)c2c(C)oc(C)c2C(=O)O)o1. The van der Waals surface area contributed by atoms with Crippen molar-refractivity contribution in [3.63, 3.8) is 0 Å². The molecular formula is C10H11N3O6S. The molecule has 0 aliphatic heterocycles. The lowest BCUT2D eigenvalue weighted by atomic mass is 10.2. The Bertz CT molecular complexity index is 773. The lowest BCUT2D eigenvalue weighted by Gasteiger charge is -2.03. The molecule has 0 aliphatic carbocycles. The third kappa shape index (κ3) is 2.37. The number of rotatable bonds is 4. The van der Waals surface area contributed by atoms with Gasteiger partial charge in [0.05, 0.1) is 0 Å². The van der Waals surface area contributed by atoms with E-state index in [0.717, 1.165) is 0 Å². The van der Waals surface area contributed by atoms with E-state index >= 15 is 0 Å². The molecule has 0 fully saturated rings. The van der Waals surface area contributed by atoms with Gasteiger partial charge in [-0.05, 0) is 13.8 Å². The summed E-state index contributed by atoms with van der Waals surface area (Å²) in [6.07, 6.45) is 0. The number of carboxylic acid groups (broad SMARTS) is 1. The first-order chi connectivity index (χ1) is 9.22. The summed E-state index contributed by atoms with van der Waals surface area (Å²) >= 11 is 0. The van der Waals surface area contributed by atoms with Crippen molar-refractivity contribution in [2.75, 3.05) is 4.72 Å². The van der Waals surface area contributed by atoms with Crippen molar-refractivity contribution in [2.45, 2.75) is 25.7 Å². The average Bonchev–Trinajstić information content (AvgIpc) is 2.81. The van der Waals surface area contributed by atoms with E-state index in [0.29, 0.717) is 0 Å². The predicted octanol–water partition coefficient (Wildman–Crippen LogP) is 1.09. The zero-order valence-corrected chi connectivity index (χ0v) is 11.6. The quantitative estimate of drug-likeness (QED) is 0.856. The van der Waals surface area contributed by atoms with Gasteiger partial charge in [-0.2, -0.15) is 0 Å². The van der Waals surface area contributed by atoms with Crippen LogP contribution < -0.4 is 4.72 Å². The summed E-state index contributed by atoms with van der Waals surface area (Å²) in [6.45, 7) is 4.21. The number of nitrogens with one attached hydrogen (secondary N) is 1. The number of nitrogens with zero attached hydrogens (tertiary/aromatic N) is 2. The summed E-state index contributed by atoms with van der Waals surface area (Å²) in [4.78, 5) is 10.7. The minimum absolute atomic E-state index is 0.00270. The summed E-state index contributed by atoms with van der Waals surface area (Å²) in [5.74, 6) is -1.27. The first kappa shape index (κ1) is 14.1. The smallest absolute Gasteiger partial charge is 0.340 e. The van der Waals surface area contributed by atoms with Crippen LogP contribution in [0.15, 0.2) is 13.7 Å². The van der Waals surface area contributed by atoms with E-state index in [1.165, 1.54) is 20.8 Å². The van der Waals surface area contributed by atoms with Crippen LogP contribution in [0.1, 0.15) is 27.8 Å². The molecule has 0 saturated heterocycles. The molecule has 2 rings (SSSR count). The van der Waals surface area contributed by atoms with E-state index in [1.54, 1.807) is 0 Å². The Morgan fingerprint density at radius 1 is 1.15 bits per heavy atom. The molecule has 0 aliphatic rings. The molecule has 0 unspecified atom stereocenters. The van der Waals surface area contributed by atoms with Gasteiger partial charge in [-0.1, -0.05) is 5.10 Å². The maximum Gasteiger partial charge on any atom is 0.340 e. The average molecular weight is 301 g/mol. The number of carbonyl (C=O) groups is 1. The Hall–Kier alpha value is -2.36. The minimum Gasteiger partial charge on any atom is -0.478 e. The topological polar surface area (TPSA) is 136 Å². The Balaban J connectivity index is 2.52. The predicted molar refractivity (Wildman–Crippen MR) is 65.0 cm³/mol. The highest BCUT2D eigenvalue weighted by Gasteiger charge is 2.31. The molecule has 108 valence electrons. The monoisotopic (exact) mass is 301 g/mol.